The maximum absolute atomic E-state index is 13.5. The zero-order chi connectivity index (χ0) is 18.9. The quantitative estimate of drug-likeness (QED) is 0.560. The molecule has 0 spiro atoms. The summed E-state index contributed by atoms with van der Waals surface area (Å²) in [6, 6.07) is 15.5. The van der Waals surface area contributed by atoms with E-state index in [4.69, 9.17) is 0 Å². The van der Waals surface area contributed by atoms with Gasteiger partial charge in [0.15, 0.2) is 0 Å². The van der Waals surface area contributed by atoms with Crippen LogP contribution in [0.2, 0.25) is 0 Å². The standard InChI is InChI=1S/C17H12F4N2O2S.Na.H/c18-15(19)17(20,21)26(24,25)16-22-13(11-7-3-1-4-8-11)14(23-16)12-9-5-2-6-10-12;;/h1-10,13,15H;;/q;+1;-1. The molecule has 138 valence electrons. The van der Waals surface area contributed by atoms with Crippen molar-refractivity contribution in [2.75, 3.05) is 0 Å². The molecule has 1 aliphatic rings. The second-order valence-corrected chi connectivity index (χ2v) is 7.37. The maximum Gasteiger partial charge on any atom is 1.00 e. The van der Waals surface area contributed by atoms with Gasteiger partial charge in [-0.25, -0.2) is 27.2 Å². The van der Waals surface area contributed by atoms with Gasteiger partial charge in [-0.05, 0) is 11.1 Å². The number of hydrogen-bond donors (Lipinski definition) is 0. The van der Waals surface area contributed by atoms with Crippen LogP contribution in [0.4, 0.5) is 17.6 Å². The third kappa shape index (κ3) is 4.01. The predicted molar refractivity (Wildman–Crippen MR) is 90.6 cm³/mol. The average Bonchev–Trinajstić information content (AvgIpc) is 3.09. The Balaban J connectivity index is 0.00000196. The molecule has 2 aromatic carbocycles. The molecule has 3 rings (SSSR count). The van der Waals surface area contributed by atoms with Crippen molar-refractivity contribution in [2.24, 2.45) is 9.98 Å². The second kappa shape index (κ2) is 8.22. The maximum atomic E-state index is 13.5. The number of sulfone groups is 1. The van der Waals surface area contributed by atoms with Crippen LogP contribution in [0.5, 0.6) is 0 Å². The van der Waals surface area contributed by atoms with E-state index in [1.807, 2.05) is 0 Å². The van der Waals surface area contributed by atoms with Crippen molar-refractivity contribution in [1.29, 1.82) is 0 Å². The molecule has 0 aliphatic carbocycles. The van der Waals surface area contributed by atoms with E-state index in [-0.39, 0.29) is 36.7 Å². The summed E-state index contributed by atoms with van der Waals surface area (Å²) < 4.78 is 76.2. The Morgan fingerprint density at radius 3 is 2.00 bits per heavy atom. The van der Waals surface area contributed by atoms with Gasteiger partial charge in [0.25, 0.3) is 9.84 Å². The largest absolute Gasteiger partial charge is 1.00 e. The zero-order valence-electron chi connectivity index (χ0n) is 15.1. The molecule has 1 atom stereocenters. The predicted octanol–water partition coefficient (Wildman–Crippen LogP) is 0.976. The van der Waals surface area contributed by atoms with Gasteiger partial charge < -0.3 is 1.43 Å². The molecule has 0 radical (unpaired) electrons. The van der Waals surface area contributed by atoms with Gasteiger partial charge in [0.2, 0.25) is 5.17 Å². The molecular formula is C17H13F4N2NaO2S. The smallest absolute Gasteiger partial charge is 1.00 e. The molecule has 1 heterocycles. The van der Waals surface area contributed by atoms with E-state index in [1.165, 1.54) is 0 Å². The molecule has 0 bridgehead atoms. The number of nitrogens with zero attached hydrogens (tertiary/aromatic N) is 2. The Morgan fingerprint density at radius 1 is 0.963 bits per heavy atom. The summed E-state index contributed by atoms with van der Waals surface area (Å²) in [7, 11) is -5.74. The summed E-state index contributed by atoms with van der Waals surface area (Å²) in [6.07, 6.45) is -4.39. The van der Waals surface area contributed by atoms with Gasteiger partial charge in [-0.1, -0.05) is 60.7 Å². The number of alkyl halides is 4. The molecule has 0 aromatic heterocycles. The molecule has 0 fully saturated rings. The molecule has 0 N–H and O–H groups in total. The molecule has 27 heavy (non-hydrogen) atoms. The zero-order valence-corrected chi connectivity index (χ0v) is 16.9. The van der Waals surface area contributed by atoms with Crippen molar-refractivity contribution in [3.05, 3.63) is 71.8 Å². The van der Waals surface area contributed by atoms with Gasteiger partial charge in [-0.3, -0.25) is 0 Å². The van der Waals surface area contributed by atoms with E-state index >= 15 is 0 Å². The van der Waals surface area contributed by atoms with E-state index in [0.717, 1.165) is 0 Å². The van der Waals surface area contributed by atoms with Gasteiger partial charge in [-0.2, -0.15) is 8.78 Å². The summed E-state index contributed by atoms with van der Waals surface area (Å²) in [6.45, 7) is 0. The van der Waals surface area contributed by atoms with Gasteiger partial charge >= 0.3 is 41.2 Å². The van der Waals surface area contributed by atoms with Crippen molar-refractivity contribution in [3.63, 3.8) is 0 Å². The van der Waals surface area contributed by atoms with Crippen molar-refractivity contribution in [1.82, 2.24) is 0 Å². The van der Waals surface area contributed by atoms with Crippen LogP contribution in [0.25, 0.3) is 0 Å². The van der Waals surface area contributed by atoms with E-state index in [0.29, 0.717) is 11.1 Å². The normalized spacial score (nSPS) is 17.3. The number of benzene rings is 2. The number of hydrogen-bond acceptors (Lipinski definition) is 4. The Morgan fingerprint density at radius 2 is 1.48 bits per heavy atom. The minimum atomic E-state index is -5.74. The van der Waals surface area contributed by atoms with E-state index in [2.05, 4.69) is 9.98 Å². The van der Waals surface area contributed by atoms with Gasteiger partial charge in [-0.15, -0.1) is 0 Å². The average molecular weight is 408 g/mol. The second-order valence-electron chi connectivity index (χ2n) is 5.45. The minimum absolute atomic E-state index is 0. The van der Waals surface area contributed by atoms with Crippen LogP contribution in [0.3, 0.4) is 0 Å². The SMILES string of the molecule is O=S(=O)(C1=NC(c2ccccc2)C(c2ccccc2)=N1)C(F)(F)C(F)F.[H-].[Na+]. The van der Waals surface area contributed by atoms with Crippen LogP contribution in [0.15, 0.2) is 70.6 Å². The summed E-state index contributed by atoms with van der Waals surface area (Å²) in [5.74, 6) is 0. The van der Waals surface area contributed by atoms with Crippen molar-refractivity contribution < 1.29 is 57.0 Å². The van der Waals surface area contributed by atoms with Crippen molar-refractivity contribution in [2.45, 2.75) is 17.7 Å². The first kappa shape index (κ1) is 21.7. The van der Waals surface area contributed by atoms with Gasteiger partial charge in [0, 0.05) is 0 Å². The fourth-order valence-corrected chi connectivity index (χ4v) is 3.37. The van der Waals surface area contributed by atoms with Crippen LogP contribution in [-0.2, 0) is 9.84 Å². The third-order valence-corrected chi connectivity index (χ3v) is 5.32. The Kier molecular flexibility index (Phi) is 6.62. The fourth-order valence-electron chi connectivity index (χ4n) is 2.43. The van der Waals surface area contributed by atoms with Crippen LogP contribution < -0.4 is 29.6 Å². The Labute approximate surface area is 176 Å². The first-order valence-corrected chi connectivity index (χ1v) is 8.91. The molecule has 0 amide bonds. The molecule has 1 aliphatic heterocycles. The number of halogens is 4. The van der Waals surface area contributed by atoms with Crippen LogP contribution in [-0.4, -0.2) is 31.0 Å². The summed E-state index contributed by atoms with van der Waals surface area (Å²) in [5, 5.41) is -6.57. The summed E-state index contributed by atoms with van der Waals surface area (Å²) in [4.78, 5) is 7.45. The molecule has 0 saturated carbocycles. The summed E-state index contributed by atoms with van der Waals surface area (Å²) >= 11 is 0. The van der Waals surface area contributed by atoms with E-state index < -0.39 is 32.7 Å². The Hall–Kier alpha value is -1.55. The van der Waals surface area contributed by atoms with Crippen molar-refractivity contribution >= 4 is 20.7 Å². The molecule has 2 aromatic rings. The summed E-state index contributed by atoms with van der Waals surface area (Å²) in [5.41, 5.74) is 1.05. The minimum Gasteiger partial charge on any atom is -1.00 e. The molecule has 0 saturated heterocycles. The Bertz CT molecular complexity index is 971. The van der Waals surface area contributed by atoms with E-state index in [1.54, 1.807) is 60.7 Å². The van der Waals surface area contributed by atoms with Crippen LogP contribution in [0.1, 0.15) is 18.6 Å². The third-order valence-electron chi connectivity index (χ3n) is 3.75. The number of aliphatic imine (C=N–C) groups is 2. The topological polar surface area (TPSA) is 58.9 Å². The van der Waals surface area contributed by atoms with Gasteiger partial charge in [0.1, 0.15) is 6.04 Å². The van der Waals surface area contributed by atoms with Crippen molar-refractivity contribution in [3.8, 4) is 0 Å². The molecule has 4 nitrogen and oxygen atoms in total. The van der Waals surface area contributed by atoms with Crippen LogP contribution >= 0.6 is 0 Å². The fraction of sp³-hybridized carbons (Fsp3) is 0.176. The monoisotopic (exact) mass is 408 g/mol. The van der Waals surface area contributed by atoms with Crippen LogP contribution in [0, 0.1) is 0 Å². The number of amidine groups is 1. The number of rotatable bonds is 4. The first-order valence-electron chi connectivity index (χ1n) is 7.42. The molecule has 10 heteroatoms. The van der Waals surface area contributed by atoms with E-state index in [9.17, 15) is 26.0 Å². The first-order chi connectivity index (χ1) is 12.2. The molecule has 1 unspecified atom stereocenters. The van der Waals surface area contributed by atoms with Gasteiger partial charge in [0.05, 0.1) is 5.71 Å². The molecular weight excluding hydrogens is 395 g/mol.